The number of aliphatic carboxylic acids is 1. The van der Waals surface area contributed by atoms with Crippen molar-refractivity contribution in [2.45, 2.75) is 5.25 Å². The topological polar surface area (TPSA) is 37.3 Å². The summed E-state index contributed by atoms with van der Waals surface area (Å²) in [5.74, 6) is -0.352. The number of hydrogen-bond donors (Lipinski definition) is 1. The van der Waals surface area contributed by atoms with Crippen LogP contribution in [-0.2, 0) is 4.79 Å². The third kappa shape index (κ3) is 0.611. The predicted octanol–water partition coefficient (Wildman–Crippen LogP) is 0.946. The van der Waals surface area contributed by atoms with Crippen molar-refractivity contribution in [1.82, 2.24) is 0 Å². The van der Waals surface area contributed by atoms with Crippen molar-refractivity contribution in [2.75, 3.05) is 0 Å². The fourth-order valence-corrected chi connectivity index (χ4v) is 2.51. The molecule has 0 spiro atoms. The van der Waals surface area contributed by atoms with Gasteiger partial charge in [0.05, 0.1) is 5.92 Å². The van der Waals surface area contributed by atoms with Gasteiger partial charge in [-0.1, -0.05) is 6.08 Å². The first-order valence-electron chi connectivity index (χ1n) is 2.85. The molecule has 1 fully saturated rings. The molecule has 0 amide bonds. The maximum Gasteiger partial charge on any atom is 0.308 e. The SMILES string of the molecule is O=C(O)[C@@H]1[C@@H]2C=CS[C@@H]21. The molecule has 0 saturated heterocycles. The first-order chi connectivity index (χ1) is 4.30. The summed E-state index contributed by atoms with van der Waals surface area (Å²) in [5, 5.41) is 10.9. The van der Waals surface area contributed by atoms with E-state index in [1.807, 2.05) is 11.5 Å². The molecule has 0 aromatic heterocycles. The molecular weight excluding hydrogens is 136 g/mol. The lowest BCUT2D eigenvalue weighted by Gasteiger charge is -1.87. The first-order valence-corrected chi connectivity index (χ1v) is 3.80. The maximum atomic E-state index is 10.3. The van der Waals surface area contributed by atoms with Gasteiger partial charge >= 0.3 is 5.97 Å². The molecule has 1 saturated carbocycles. The van der Waals surface area contributed by atoms with Crippen LogP contribution in [0.4, 0.5) is 0 Å². The van der Waals surface area contributed by atoms with Crippen LogP contribution in [0.3, 0.4) is 0 Å². The zero-order chi connectivity index (χ0) is 6.43. The second-order valence-electron chi connectivity index (χ2n) is 2.37. The quantitative estimate of drug-likeness (QED) is 0.592. The normalized spacial score (nSPS) is 44.7. The number of rotatable bonds is 1. The van der Waals surface area contributed by atoms with Crippen molar-refractivity contribution in [1.29, 1.82) is 0 Å². The Morgan fingerprint density at radius 1 is 1.67 bits per heavy atom. The largest absolute Gasteiger partial charge is 0.481 e. The molecule has 2 aliphatic rings. The summed E-state index contributed by atoms with van der Waals surface area (Å²) in [5.41, 5.74) is 0. The fourth-order valence-electron chi connectivity index (χ4n) is 1.24. The van der Waals surface area contributed by atoms with E-state index in [1.54, 1.807) is 11.8 Å². The van der Waals surface area contributed by atoms with Gasteiger partial charge in [-0.2, -0.15) is 0 Å². The van der Waals surface area contributed by atoms with E-state index < -0.39 is 5.97 Å². The lowest BCUT2D eigenvalue weighted by Crippen LogP contribution is -2.01. The number of carboxylic acids is 1. The molecule has 48 valence electrons. The lowest BCUT2D eigenvalue weighted by molar-refractivity contribution is -0.138. The molecular formula is C6H6O2S. The van der Waals surface area contributed by atoms with Crippen LogP contribution in [-0.4, -0.2) is 16.3 Å². The molecule has 0 radical (unpaired) electrons. The van der Waals surface area contributed by atoms with Crippen molar-refractivity contribution in [3.63, 3.8) is 0 Å². The fraction of sp³-hybridized carbons (Fsp3) is 0.500. The summed E-state index contributed by atoms with van der Waals surface area (Å²) in [7, 11) is 0. The van der Waals surface area contributed by atoms with Gasteiger partial charge < -0.3 is 5.11 Å². The molecule has 0 unspecified atom stereocenters. The van der Waals surface area contributed by atoms with E-state index in [0.717, 1.165) is 0 Å². The van der Waals surface area contributed by atoms with Gasteiger partial charge in [0.2, 0.25) is 0 Å². The lowest BCUT2D eigenvalue weighted by atomic mass is 10.3. The Morgan fingerprint density at radius 2 is 2.44 bits per heavy atom. The predicted molar refractivity (Wildman–Crippen MR) is 35.1 cm³/mol. The summed E-state index contributed by atoms with van der Waals surface area (Å²) in [6, 6.07) is 0. The molecule has 9 heavy (non-hydrogen) atoms. The number of carbonyl (C=O) groups is 1. The van der Waals surface area contributed by atoms with Crippen LogP contribution in [0.2, 0.25) is 0 Å². The Balaban J connectivity index is 2.10. The molecule has 1 N–H and O–H groups in total. The molecule has 3 atom stereocenters. The van der Waals surface area contributed by atoms with Crippen LogP contribution in [0.5, 0.6) is 0 Å². The molecule has 1 aliphatic heterocycles. The molecule has 1 aliphatic carbocycles. The van der Waals surface area contributed by atoms with E-state index in [1.165, 1.54) is 0 Å². The molecule has 3 heteroatoms. The Labute approximate surface area is 56.9 Å². The number of allylic oxidation sites excluding steroid dienone is 1. The van der Waals surface area contributed by atoms with Gasteiger partial charge in [-0.15, -0.1) is 11.8 Å². The monoisotopic (exact) mass is 142 g/mol. The highest BCUT2D eigenvalue weighted by molar-refractivity contribution is 8.03. The van der Waals surface area contributed by atoms with Crippen LogP contribution >= 0.6 is 11.8 Å². The van der Waals surface area contributed by atoms with Gasteiger partial charge in [-0.25, -0.2) is 0 Å². The molecule has 2 nitrogen and oxygen atoms in total. The van der Waals surface area contributed by atoms with Crippen LogP contribution < -0.4 is 0 Å². The zero-order valence-corrected chi connectivity index (χ0v) is 5.47. The Hall–Kier alpha value is -0.440. The molecule has 0 bridgehead atoms. The van der Waals surface area contributed by atoms with E-state index >= 15 is 0 Å². The number of hydrogen-bond acceptors (Lipinski definition) is 2. The smallest absolute Gasteiger partial charge is 0.308 e. The summed E-state index contributed by atoms with van der Waals surface area (Å²) in [6.07, 6.45) is 1.99. The van der Waals surface area contributed by atoms with Gasteiger partial charge in [0, 0.05) is 11.2 Å². The highest BCUT2D eigenvalue weighted by Crippen LogP contribution is 2.54. The standard InChI is InChI=1S/C6H6O2S/c7-6(8)4-3-1-2-9-5(3)4/h1-5H,(H,7,8)/t3-,4+,5-/m0/s1. The average Bonchev–Trinajstić information content (AvgIpc) is 2.30. The average molecular weight is 142 g/mol. The molecule has 2 rings (SSSR count). The summed E-state index contributed by atoms with van der Waals surface area (Å²) < 4.78 is 0. The van der Waals surface area contributed by atoms with Crippen molar-refractivity contribution in [3.05, 3.63) is 11.5 Å². The van der Waals surface area contributed by atoms with Crippen molar-refractivity contribution in [3.8, 4) is 0 Å². The van der Waals surface area contributed by atoms with Crippen molar-refractivity contribution >= 4 is 17.7 Å². The van der Waals surface area contributed by atoms with Crippen LogP contribution in [0.25, 0.3) is 0 Å². The van der Waals surface area contributed by atoms with E-state index in [0.29, 0.717) is 11.2 Å². The first kappa shape index (κ1) is 5.35. The zero-order valence-electron chi connectivity index (χ0n) is 4.65. The Morgan fingerprint density at radius 3 is 2.78 bits per heavy atom. The van der Waals surface area contributed by atoms with E-state index in [4.69, 9.17) is 5.11 Å². The van der Waals surface area contributed by atoms with Gasteiger partial charge in [0.1, 0.15) is 0 Å². The van der Waals surface area contributed by atoms with Gasteiger partial charge in [-0.05, 0) is 5.41 Å². The van der Waals surface area contributed by atoms with Crippen molar-refractivity contribution < 1.29 is 9.90 Å². The number of carboxylic acid groups (broad SMARTS) is 1. The Bertz CT molecular complexity index is 187. The van der Waals surface area contributed by atoms with Gasteiger partial charge in [0.25, 0.3) is 0 Å². The minimum atomic E-state index is -0.637. The van der Waals surface area contributed by atoms with Crippen LogP contribution in [0, 0.1) is 11.8 Å². The second kappa shape index (κ2) is 1.53. The van der Waals surface area contributed by atoms with Crippen molar-refractivity contribution in [2.24, 2.45) is 11.8 Å². The van der Waals surface area contributed by atoms with Gasteiger partial charge in [-0.3, -0.25) is 4.79 Å². The third-order valence-corrected chi connectivity index (χ3v) is 3.06. The number of fused-ring (bicyclic) bond motifs is 1. The van der Waals surface area contributed by atoms with E-state index in [2.05, 4.69) is 0 Å². The molecule has 0 aromatic rings. The highest BCUT2D eigenvalue weighted by Gasteiger charge is 2.55. The van der Waals surface area contributed by atoms with E-state index in [-0.39, 0.29) is 5.92 Å². The molecule has 0 aromatic carbocycles. The number of thioether (sulfide) groups is 1. The highest BCUT2D eigenvalue weighted by atomic mass is 32.2. The van der Waals surface area contributed by atoms with Gasteiger partial charge in [0.15, 0.2) is 0 Å². The maximum absolute atomic E-state index is 10.3. The van der Waals surface area contributed by atoms with E-state index in [9.17, 15) is 4.79 Å². The minimum Gasteiger partial charge on any atom is -0.481 e. The van der Waals surface area contributed by atoms with Crippen LogP contribution in [0.1, 0.15) is 0 Å². The summed E-state index contributed by atoms with van der Waals surface area (Å²) in [4.78, 5) is 10.3. The second-order valence-corrected chi connectivity index (χ2v) is 3.46. The van der Waals surface area contributed by atoms with Crippen LogP contribution in [0.15, 0.2) is 11.5 Å². The Kier molecular flexibility index (Phi) is 0.913. The summed E-state index contributed by atoms with van der Waals surface area (Å²) >= 11 is 1.65. The minimum absolute atomic E-state index is 0.0694. The molecule has 1 heterocycles. The third-order valence-electron chi connectivity index (χ3n) is 1.83. The summed E-state index contributed by atoms with van der Waals surface area (Å²) in [6.45, 7) is 0.